The highest BCUT2D eigenvalue weighted by atomic mass is 19.4. The second kappa shape index (κ2) is 10.8. The quantitative estimate of drug-likeness (QED) is 0.247. The fourth-order valence-corrected chi connectivity index (χ4v) is 4.42. The fourth-order valence-electron chi connectivity index (χ4n) is 4.42. The average Bonchev–Trinajstić information content (AvgIpc) is 3.67. The van der Waals surface area contributed by atoms with Crippen molar-refractivity contribution in [3.8, 4) is 16.8 Å². The Bertz CT molecular complexity index is 1550. The molecule has 0 spiro atoms. The van der Waals surface area contributed by atoms with E-state index in [1.165, 1.54) is 12.3 Å². The van der Waals surface area contributed by atoms with Gasteiger partial charge in [0.05, 0.1) is 34.7 Å². The van der Waals surface area contributed by atoms with Crippen LogP contribution in [0.2, 0.25) is 0 Å². The van der Waals surface area contributed by atoms with Crippen LogP contribution >= 0.6 is 0 Å². The van der Waals surface area contributed by atoms with Gasteiger partial charge in [0.2, 0.25) is 0 Å². The summed E-state index contributed by atoms with van der Waals surface area (Å²) in [4.78, 5) is 28.1. The van der Waals surface area contributed by atoms with E-state index in [9.17, 15) is 22.8 Å². The fraction of sp³-hybridized carbons (Fsp3) is 0.241. The number of carbonyl (C=O) groups is 2. The highest BCUT2D eigenvalue weighted by Gasteiger charge is 2.31. The molecule has 5 rings (SSSR count). The Balaban J connectivity index is 1.31. The van der Waals surface area contributed by atoms with Crippen LogP contribution in [-0.2, 0) is 12.7 Å². The predicted molar refractivity (Wildman–Crippen MR) is 141 cm³/mol. The van der Waals surface area contributed by atoms with E-state index in [1.54, 1.807) is 48.1 Å². The largest absolute Gasteiger partial charge is 0.465 e. The summed E-state index contributed by atoms with van der Waals surface area (Å²) in [5.74, 6) is 0.176. The lowest BCUT2D eigenvalue weighted by atomic mass is 9.95. The first-order valence-corrected chi connectivity index (χ1v) is 12.7. The van der Waals surface area contributed by atoms with Crippen LogP contribution in [0.25, 0.3) is 16.8 Å². The van der Waals surface area contributed by atoms with Crippen LogP contribution in [0.1, 0.15) is 64.5 Å². The van der Waals surface area contributed by atoms with Gasteiger partial charge in [0.1, 0.15) is 0 Å². The van der Waals surface area contributed by atoms with Crippen molar-refractivity contribution in [1.82, 2.24) is 25.4 Å². The van der Waals surface area contributed by atoms with E-state index in [0.29, 0.717) is 28.3 Å². The van der Waals surface area contributed by atoms with Crippen LogP contribution in [0.4, 0.5) is 18.0 Å². The zero-order valence-corrected chi connectivity index (χ0v) is 21.4. The number of aromatic nitrogens is 3. The van der Waals surface area contributed by atoms with Crippen molar-refractivity contribution in [2.24, 2.45) is 0 Å². The summed E-state index contributed by atoms with van der Waals surface area (Å²) in [6, 6.07) is 13.2. The molecule has 2 amide bonds. The third-order valence-electron chi connectivity index (χ3n) is 6.79. The topological polar surface area (TPSA) is 109 Å². The number of carboxylic acid groups (broad SMARTS) is 1. The molecule has 206 valence electrons. The van der Waals surface area contributed by atoms with E-state index in [1.807, 2.05) is 12.3 Å². The molecule has 4 aromatic rings. The molecule has 0 unspecified atom stereocenters. The minimum Gasteiger partial charge on any atom is -0.465 e. The van der Waals surface area contributed by atoms with Crippen LogP contribution in [-0.4, -0.2) is 31.9 Å². The van der Waals surface area contributed by atoms with E-state index in [2.05, 4.69) is 20.7 Å². The number of benzene rings is 2. The predicted octanol–water partition coefficient (Wildman–Crippen LogP) is 6.09. The number of nitrogens with zero attached hydrogens (tertiary/aromatic N) is 3. The molecule has 0 aliphatic heterocycles. The van der Waals surface area contributed by atoms with Gasteiger partial charge in [-0.25, -0.2) is 9.48 Å². The zero-order chi connectivity index (χ0) is 28.4. The van der Waals surface area contributed by atoms with Crippen LogP contribution in [0, 0.1) is 0 Å². The van der Waals surface area contributed by atoms with Crippen molar-refractivity contribution in [3.05, 3.63) is 101 Å². The first kappa shape index (κ1) is 26.9. The molecule has 1 saturated carbocycles. The number of hydrogen-bond donors (Lipinski definition) is 3. The maximum atomic E-state index is 13.4. The summed E-state index contributed by atoms with van der Waals surface area (Å²) >= 11 is 0. The summed E-state index contributed by atoms with van der Waals surface area (Å²) in [5.41, 5.74) is 3.12. The van der Waals surface area contributed by atoms with Crippen molar-refractivity contribution < 1.29 is 27.9 Å². The summed E-state index contributed by atoms with van der Waals surface area (Å²) in [6.45, 7) is 1.65. The summed E-state index contributed by atoms with van der Waals surface area (Å²) in [7, 11) is 0. The second-order valence-corrected chi connectivity index (χ2v) is 9.74. The van der Waals surface area contributed by atoms with Gasteiger partial charge in [-0.15, -0.1) is 0 Å². The summed E-state index contributed by atoms with van der Waals surface area (Å²) in [6.07, 6.45) is 1.41. The molecule has 0 bridgehead atoms. The second-order valence-electron chi connectivity index (χ2n) is 9.74. The number of carbonyl (C=O) groups excluding carboxylic acids is 1. The Hall–Kier alpha value is -4.67. The number of rotatable bonds is 8. The molecule has 1 fully saturated rings. The molecule has 40 heavy (non-hydrogen) atoms. The van der Waals surface area contributed by atoms with E-state index in [-0.39, 0.29) is 18.0 Å². The van der Waals surface area contributed by atoms with Crippen LogP contribution in [0.3, 0.4) is 0 Å². The van der Waals surface area contributed by atoms with Gasteiger partial charge in [0.25, 0.3) is 5.91 Å². The first-order valence-electron chi connectivity index (χ1n) is 12.7. The summed E-state index contributed by atoms with van der Waals surface area (Å²) < 4.78 is 41.8. The van der Waals surface area contributed by atoms with Crippen molar-refractivity contribution >= 4 is 12.0 Å². The van der Waals surface area contributed by atoms with Gasteiger partial charge in [-0.3, -0.25) is 9.78 Å². The smallest absolute Gasteiger partial charge is 0.416 e. The van der Waals surface area contributed by atoms with Crippen LogP contribution < -0.4 is 10.6 Å². The number of amides is 2. The molecular weight excluding hydrogens is 523 g/mol. The minimum absolute atomic E-state index is 0.148. The average molecular weight is 550 g/mol. The number of hydrogen-bond acceptors (Lipinski definition) is 4. The Kier molecular flexibility index (Phi) is 7.29. The standard InChI is InChI=1S/C29H26F3N5O3/c1-17(35-27(38)22-12-24(16-33-14-22)37-11-10-26(36-37)20-6-7-20)18-2-4-19(5-3-18)25-13-23(29(30,31)32)9-8-21(25)15-34-28(39)40/h2-5,8-14,16-17,20,34H,6-7,15H2,1H3,(H,35,38)(H,39,40)/t17-/m1/s1. The van der Waals surface area contributed by atoms with Crippen molar-refractivity contribution in [1.29, 1.82) is 0 Å². The van der Waals surface area contributed by atoms with E-state index >= 15 is 0 Å². The molecule has 1 aliphatic rings. The highest BCUT2D eigenvalue weighted by molar-refractivity contribution is 5.94. The van der Waals surface area contributed by atoms with Gasteiger partial charge >= 0.3 is 12.3 Å². The lowest BCUT2D eigenvalue weighted by Crippen LogP contribution is -2.26. The lowest BCUT2D eigenvalue weighted by molar-refractivity contribution is -0.137. The number of halogens is 3. The van der Waals surface area contributed by atoms with Crippen LogP contribution in [0.5, 0.6) is 0 Å². The number of pyridine rings is 1. The Morgan fingerprint density at radius 2 is 1.82 bits per heavy atom. The Morgan fingerprint density at radius 1 is 1.07 bits per heavy atom. The minimum atomic E-state index is -4.55. The SMILES string of the molecule is C[C@@H](NC(=O)c1cncc(-n2ccc(C3CC3)n2)c1)c1ccc(-c2cc(C(F)(F)F)ccc2CNC(=O)O)cc1. The molecule has 2 aromatic heterocycles. The Morgan fingerprint density at radius 3 is 2.50 bits per heavy atom. The molecule has 1 aliphatic carbocycles. The monoisotopic (exact) mass is 549 g/mol. The lowest BCUT2D eigenvalue weighted by Gasteiger charge is -2.17. The van der Waals surface area contributed by atoms with Gasteiger partial charge in [0.15, 0.2) is 0 Å². The molecule has 2 heterocycles. The van der Waals surface area contributed by atoms with Crippen molar-refractivity contribution in [3.63, 3.8) is 0 Å². The molecule has 8 nitrogen and oxygen atoms in total. The van der Waals surface area contributed by atoms with E-state index < -0.39 is 23.9 Å². The molecule has 11 heteroatoms. The maximum Gasteiger partial charge on any atom is 0.416 e. The Labute approximate surface area is 227 Å². The van der Waals surface area contributed by atoms with Gasteiger partial charge < -0.3 is 15.7 Å². The van der Waals surface area contributed by atoms with Gasteiger partial charge in [-0.1, -0.05) is 30.3 Å². The van der Waals surface area contributed by atoms with Gasteiger partial charge in [-0.2, -0.15) is 18.3 Å². The normalized spacial score (nSPS) is 14.0. The van der Waals surface area contributed by atoms with Gasteiger partial charge in [-0.05, 0) is 66.3 Å². The number of alkyl halides is 3. The molecule has 0 saturated heterocycles. The number of nitrogens with one attached hydrogen (secondary N) is 2. The molecule has 3 N–H and O–H groups in total. The zero-order valence-electron chi connectivity index (χ0n) is 21.4. The third kappa shape index (κ3) is 6.14. The third-order valence-corrected chi connectivity index (χ3v) is 6.79. The molecule has 2 aromatic carbocycles. The molecule has 1 atom stereocenters. The van der Waals surface area contributed by atoms with Crippen LogP contribution in [0.15, 0.2) is 73.2 Å². The van der Waals surface area contributed by atoms with Crippen molar-refractivity contribution in [2.45, 2.75) is 44.4 Å². The van der Waals surface area contributed by atoms with Crippen molar-refractivity contribution in [2.75, 3.05) is 0 Å². The van der Waals surface area contributed by atoms with E-state index in [0.717, 1.165) is 36.2 Å². The van der Waals surface area contributed by atoms with E-state index in [4.69, 9.17) is 5.11 Å². The first-order chi connectivity index (χ1) is 19.1. The van der Waals surface area contributed by atoms with Gasteiger partial charge in [0, 0.05) is 24.9 Å². The molecular formula is C29H26F3N5O3. The summed E-state index contributed by atoms with van der Waals surface area (Å²) in [5, 5.41) is 18.6. The highest BCUT2D eigenvalue weighted by Crippen LogP contribution is 2.39. The maximum absolute atomic E-state index is 13.4. The molecule has 0 radical (unpaired) electrons.